The quantitative estimate of drug-likeness (QED) is 0.505. The molecule has 1 saturated heterocycles. The molecule has 3 atom stereocenters. The fraction of sp³-hybridized carbons (Fsp3) is 0.381. The maximum absolute atomic E-state index is 11.6. The van der Waals surface area contributed by atoms with Gasteiger partial charge in [-0.1, -0.05) is 30.3 Å². The monoisotopic (exact) mass is 385 g/mol. The van der Waals surface area contributed by atoms with Crippen molar-refractivity contribution < 1.29 is 23.9 Å². The fourth-order valence-corrected chi connectivity index (χ4v) is 3.14. The number of rotatable bonds is 8. The van der Waals surface area contributed by atoms with Crippen LogP contribution in [0.3, 0.4) is 0 Å². The van der Waals surface area contributed by atoms with Gasteiger partial charge in [-0.05, 0) is 24.6 Å². The highest BCUT2D eigenvalue weighted by molar-refractivity contribution is 5.76. The van der Waals surface area contributed by atoms with E-state index in [9.17, 15) is 14.9 Å². The third-order valence-corrected chi connectivity index (χ3v) is 4.46. The second-order valence-electron chi connectivity index (χ2n) is 6.84. The molecule has 7 nitrogen and oxygen atoms in total. The zero-order valence-corrected chi connectivity index (χ0v) is 15.7. The van der Waals surface area contributed by atoms with Gasteiger partial charge in [-0.3, -0.25) is 14.9 Å². The first-order valence-corrected chi connectivity index (χ1v) is 9.17. The zero-order chi connectivity index (χ0) is 19.9. The smallest absolute Gasteiger partial charge is 0.269 e. The van der Waals surface area contributed by atoms with Crippen molar-refractivity contribution in [2.75, 3.05) is 6.61 Å². The number of nitro groups is 1. The molecule has 0 radical (unpaired) electrons. The average Bonchev–Trinajstić information content (AvgIpc) is 2.68. The van der Waals surface area contributed by atoms with Crippen LogP contribution in [0, 0.1) is 10.1 Å². The molecule has 7 heteroatoms. The van der Waals surface area contributed by atoms with E-state index < -0.39 is 11.2 Å². The Balaban J connectivity index is 1.64. The minimum absolute atomic E-state index is 0.00240. The summed E-state index contributed by atoms with van der Waals surface area (Å²) in [6, 6.07) is 15.9. The predicted molar refractivity (Wildman–Crippen MR) is 102 cm³/mol. The molecule has 0 amide bonds. The first-order chi connectivity index (χ1) is 13.5. The molecule has 3 rings (SSSR count). The second-order valence-corrected chi connectivity index (χ2v) is 6.84. The highest BCUT2D eigenvalue weighted by Gasteiger charge is 2.32. The zero-order valence-electron chi connectivity index (χ0n) is 15.7. The van der Waals surface area contributed by atoms with Gasteiger partial charge < -0.3 is 14.2 Å². The van der Waals surface area contributed by atoms with Crippen LogP contribution in [0.15, 0.2) is 54.6 Å². The largest absolute Gasteiger partial charge is 0.374 e. The second kappa shape index (κ2) is 9.54. The number of benzene rings is 2. The number of carbonyl (C=O) groups is 1. The molecule has 148 valence electrons. The van der Waals surface area contributed by atoms with Crippen molar-refractivity contribution >= 4 is 11.5 Å². The third kappa shape index (κ3) is 5.69. The summed E-state index contributed by atoms with van der Waals surface area (Å²) >= 11 is 0. The van der Waals surface area contributed by atoms with E-state index in [1.807, 2.05) is 30.3 Å². The van der Waals surface area contributed by atoms with E-state index in [0.717, 1.165) is 5.56 Å². The van der Waals surface area contributed by atoms with E-state index in [2.05, 4.69) is 0 Å². The summed E-state index contributed by atoms with van der Waals surface area (Å²) in [5.74, 6) is 0.0401. The van der Waals surface area contributed by atoms with Gasteiger partial charge in [0, 0.05) is 30.5 Å². The molecule has 1 fully saturated rings. The number of nitro benzene ring substituents is 1. The van der Waals surface area contributed by atoms with Crippen LogP contribution in [0.5, 0.6) is 0 Å². The fourth-order valence-electron chi connectivity index (χ4n) is 3.14. The molecule has 0 spiro atoms. The maximum Gasteiger partial charge on any atom is 0.269 e. The topological polar surface area (TPSA) is 87.9 Å². The minimum Gasteiger partial charge on any atom is -0.374 e. The van der Waals surface area contributed by atoms with Gasteiger partial charge in [0.25, 0.3) is 5.69 Å². The average molecular weight is 385 g/mol. The lowest BCUT2D eigenvalue weighted by Crippen LogP contribution is -2.37. The molecular weight excluding hydrogens is 362 g/mol. The Bertz CT molecular complexity index is 792. The van der Waals surface area contributed by atoms with E-state index in [1.54, 1.807) is 12.1 Å². The van der Waals surface area contributed by atoms with Gasteiger partial charge in [0.05, 0.1) is 30.3 Å². The Hall–Kier alpha value is -2.61. The lowest BCUT2D eigenvalue weighted by atomic mass is 10.0. The molecule has 0 saturated carbocycles. The molecule has 0 aromatic heterocycles. The molecule has 2 aromatic rings. The molecule has 28 heavy (non-hydrogen) atoms. The Morgan fingerprint density at radius 3 is 2.43 bits per heavy atom. The van der Waals surface area contributed by atoms with Crippen LogP contribution in [0.25, 0.3) is 0 Å². The van der Waals surface area contributed by atoms with Crippen molar-refractivity contribution in [1.82, 2.24) is 0 Å². The van der Waals surface area contributed by atoms with Crippen LogP contribution < -0.4 is 0 Å². The van der Waals surface area contributed by atoms with Crippen molar-refractivity contribution in [2.24, 2.45) is 0 Å². The van der Waals surface area contributed by atoms with Crippen molar-refractivity contribution in [3.05, 3.63) is 75.8 Å². The van der Waals surface area contributed by atoms with Crippen LogP contribution in [0.1, 0.15) is 37.2 Å². The highest BCUT2D eigenvalue weighted by atomic mass is 16.7. The van der Waals surface area contributed by atoms with Gasteiger partial charge in [0.1, 0.15) is 5.78 Å². The lowest BCUT2D eigenvalue weighted by Gasteiger charge is -2.35. The van der Waals surface area contributed by atoms with Crippen LogP contribution in [-0.4, -0.2) is 29.5 Å². The molecular formula is C21H23NO6. The maximum atomic E-state index is 11.6. The van der Waals surface area contributed by atoms with Crippen molar-refractivity contribution in [2.45, 2.75) is 44.9 Å². The number of nitrogens with zero attached hydrogens (tertiary/aromatic N) is 1. The van der Waals surface area contributed by atoms with Gasteiger partial charge in [0.15, 0.2) is 6.29 Å². The highest BCUT2D eigenvalue weighted by Crippen LogP contribution is 2.32. The lowest BCUT2D eigenvalue weighted by molar-refractivity contribution is -0.384. The Morgan fingerprint density at radius 1 is 1.11 bits per heavy atom. The van der Waals surface area contributed by atoms with Crippen molar-refractivity contribution in [1.29, 1.82) is 0 Å². The minimum atomic E-state index is -0.691. The predicted octanol–water partition coefficient (Wildman–Crippen LogP) is 3.96. The van der Waals surface area contributed by atoms with Gasteiger partial charge in [0.2, 0.25) is 0 Å². The summed E-state index contributed by atoms with van der Waals surface area (Å²) in [6.07, 6.45) is -0.358. The Labute approximate surface area is 163 Å². The van der Waals surface area contributed by atoms with Gasteiger partial charge in [-0.15, -0.1) is 0 Å². The van der Waals surface area contributed by atoms with Crippen LogP contribution >= 0.6 is 0 Å². The van der Waals surface area contributed by atoms with Gasteiger partial charge in [-0.25, -0.2) is 0 Å². The summed E-state index contributed by atoms with van der Waals surface area (Å²) in [5.41, 5.74) is 1.75. The van der Waals surface area contributed by atoms with Gasteiger partial charge in [-0.2, -0.15) is 0 Å². The molecule has 0 aliphatic carbocycles. The third-order valence-electron chi connectivity index (χ3n) is 4.46. The Morgan fingerprint density at radius 2 is 1.79 bits per heavy atom. The molecule has 0 unspecified atom stereocenters. The van der Waals surface area contributed by atoms with Crippen molar-refractivity contribution in [3.8, 4) is 0 Å². The van der Waals surface area contributed by atoms with E-state index >= 15 is 0 Å². The summed E-state index contributed by atoms with van der Waals surface area (Å²) < 4.78 is 17.7. The summed E-state index contributed by atoms with van der Waals surface area (Å²) in [5, 5.41) is 10.8. The Kier molecular flexibility index (Phi) is 6.86. The normalized spacial score (nSPS) is 22.0. The summed E-state index contributed by atoms with van der Waals surface area (Å²) in [7, 11) is 0. The first kappa shape index (κ1) is 20.1. The van der Waals surface area contributed by atoms with E-state index in [1.165, 1.54) is 19.1 Å². The number of Topliss-reactive ketones (excluding diaryl/α,β-unsaturated/α-hetero) is 1. The SMILES string of the molecule is CC(=O)C[C@@H]1C[C@H](COCc2ccccc2)O[C@H](c2ccc([N+](=O)[O-])cc2)O1. The molecule has 1 aliphatic heterocycles. The van der Waals surface area contributed by atoms with Crippen molar-refractivity contribution in [3.63, 3.8) is 0 Å². The standard InChI is InChI=1S/C21H23NO6/c1-15(23)11-19-12-20(14-26-13-16-5-3-2-4-6-16)28-21(27-19)17-7-9-18(10-8-17)22(24)25/h2-10,19-21H,11-14H2,1H3/t19-,20-,21-/m1/s1. The summed E-state index contributed by atoms with van der Waals surface area (Å²) in [4.78, 5) is 21.9. The summed E-state index contributed by atoms with van der Waals surface area (Å²) in [6.45, 7) is 2.37. The van der Waals surface area contributed by atoms with Crippen LogP contribution in [-0.2, 0) is 25.6 Å². The molecule has 0 bridgehead atoms. The van der Waals surface area contributed by atoms with E-state index in [-0.39, 0.29) is 23.7 Å². The number of hydrogen-bond acceptors (Lipinski definition) is 6. The number of ether oxygens (including phenoxy) is 3. The molecule has 2 aromatic carbocycles. The first-order valence-electron chi connectivity index (χ1n) is 9.17. The van der Waals surface area contributed by atoms with E-state index in [4.69, 9.17) is 14.2 Å². The number of hydrogen-bond donors (Lipinski definition) is 0. The van der Waals surface area contributed by atoms with E-state index in [0.29, 0.717) is 31.6 Å². The van der Waals surface area contributed by atoms with Crippen LogP contribution in [0.4, 0.5) is 5.69 Å². The number of non-ortho nitro benzene ring substituents is 1. The molecule has 1 aliphatic rings. The van der Waals surface area contributed by atoms with Gasteiger partial charge >= 0.3 is 0 Å². The number of carbonyl (C=O) groups excluding carboxylic acids is 1. The molecule has 0 N–H and O–H groups in total. The molecule has 1 heterocycles. The number of ketones is 1. The van der Waals surface area contributed by atoms with Crippen LogP contribution in [0.2, 0.25) is 0 Å².